The number of fused-ring (bicyclic) bond motifs is 8. The minimum Gasteiger partial charge on any atom is -0.481 e. The Morgan fingerprint density at radius 3 is 2.31 bits per heavy atom. The number of aliphatic carboxylic acids is 1. The Hall–Kier alpha value is -6.17. The number of hydrogen-bond donors (Lipinski definition) is 4. The van der Waals surface area contributed by atoms with Gasteiger partial charge in [0, 0.05) is 46.9 Å². The number of allylic oxidation sites excluding steroid dienone is 11. The average molecular weight is 735 g/mol. The molecule has 0 saturated carbocycles. The van der Waals surface area contributed by atoms with E-state index in [0.29, 0.717) is 68.6 Å². The highest BCUT2D eigenvalue weighted by Gasteiger charge is 2.55. The van der Waals surface area contributed by atoms with Gasteiger partial charge in [0.15, 0.2) is 0 Å². The number of nitrogens with zero attached hydrogens (tertiary/aromatic N) is 1. The number of methoxy groups -OCH3 is 3. The third-order valence-electron chi connectivity index (χ3n) is 10.7. The first-order valence-electron chi connectivity index (χ1n) is 17.4. The number of nitrogens with one attached hydrogen (secondary N) is 2. The van der Waals surface area contributed by atoms with Crippen molar-refractivity contribution in [1.82, 2.24) is 10.3 Å². The zero-order chi connectivity index (χ0) is 39.6. The number of hydrogen-bond acceptors (Lipinski definition) is 10. The van der Waals surface area contributed by atoms with Crippen LogP contribution in [0.4, 0.5) is 0 Å². The van der Waals surface area contributed by atoms with Crippen molar-refractivity contribution >= 4 is 41.7 Å². The smallest absolute Gasteiger partial charge is 0.334 e. The molecule has 3 aliphatic heterocycles. The molecule has 6 bridgehead atoms. The van der Waals surface area contributed by atoms with E-state index in [4.69, 9.17) is 24.9 Å². The number of nitrogens with two attached hydrogens (primary N) is 1. The first-order valence-corrected chi connectivity index (χ1v) is 17.4. The summed E-state index contributed by atoms with van der Waals surface area (Å²) in [5.74, 6) is -3.75. The molecule has 4 aliphatic rings. The number of aromatic nitrogens is 1. The molecule has 2 unspecified atom stereocenters. The van der Waals surface area contributed by atoms with E-state index in [1.165, 1.54) is 21.3 Å². The van der Waals surface area contributed by atoms with Crippen molar-refractivity contribution in [3.8, 4) is 0 Å². The SMILES string of the molecule is C=CC1=C(/C)C(=C)/C=C2\N/C(=C\C3=NC(=C\c4[nH]c(c(C)c4CCC(=O)OC)\C=C\1N)/C(CCC(=O)O)=C3C)C1(C)C2=CC=C(C(=O)OC)C1C(=O)OC. The van der Waals surface area contributed by atoms with Crippen LogP contribution in [0.3, 0.4) is 0 Å². The molecular formula is C42H46N4O8. The molecule has 2 atom stereocenters. The number of rotatable bonds is 9. The number of aromatic amines is 1. The maximum atomic E-state index is 13.7. The predicted molar refractivity (Wildman–Crippen MR) is 206 cm³/mol. The monoisotopic (exact) mass is 734 g/mol. The summed E-state index contributed by atoms with van der Waals surface area (Å²) in [5.41, 5.74) is 15.6. The maximum absolute atomic E-state index is 13.7. The van der Waals surface area contributed by atoms with E-state index in [0.717, 1.165) is 22.3 Å². The molecule has 1 saturated heterocycles. The fourth-order valence-electron chi connectivity index (χ4n) is 7.49. The summed E-state index contributed by atoms with van der Waals surface area (Å²) in [6.45, 7) is 15.9. The van der Waals surface area contributed by atoms with Gasteiger partial charge in [0.2, 0.25) is 0 Å². The average Bonchev–Trinajstić information content (AvgIpc) is 3.70. The quantitative estimate of drug-likeness (QED) is 0.174. The highest BCUT2D eigenvalue weighted by atomic mass is 16.5. The van der Waals surface area contributed by atoms with Crippen molar-refractivity contribution in [3.05, 3.63) is 128 Å². The number of aliphatic imine (C=N–C) groups is 1. The van der Waals surface area contributed by atoms with Crippen LogP contribution in [-0.4, -0.2) is 61.0 Å². The van der Waals surface area contributed by atoms with Crippen LogP contribution in [0.15, 0.2) is 110 Å². The first-order chi connectivity index (χ1) is 25.6. The van der Waals surface area contributed by atoms with Crippen LogP contribution in [0.1, 0.15) is 62.5 Å². The molecule has 0 radical (unpaired) electrons. The lowest BCUT2D eigenvalue weighted by molar-refractivity contribution is -0.150. The van der Waals surface area contributed by atoms with E-state index in [9.17, 15) is 24.3 Å². The van der Waals surface area contributed by atoms with Crippen molar-refractivity contribution in [1.29, 1.82) is 0 Å². The topological polar surface area (TPSA) is 182 Å². The second-order valence-corrected chi connectivity index (χ2v) is 13.6. The van der Waals surface area contributed by atoms with Crippen LogP contribution in [-0.2, 0) is 39.8 Å². The number of carboxylic acids is 1. The van der Waals surface area contributed by atoms with E-state index in [-0.39, 0.29) is 30.8 Å². The normalized spacial score (nSPS) is 26.1. The molecule has 1 aromatic rings. The van der Waals surface area contributed by atoms with E-state index in [2.05, 4.69) is 23.5 Å². The molecule has 5 rings (SSSR count). The molecule has 54 heavy (non-hydrogen) atoms. The fourth-order valence-corrected chi connectivity index (χ4v) is 7.49. The largest absolute Gasteiger partial charge is 0.481 e. The van der Waals surface area contributed by atoms with Gasteiger partial charge in [0.05, 0.1) is 43.7 Å². The number of carbonyl (C=O) groups is 4. The highest BCUT2D eigenvalue weighted by Crippen LogP contribution is 2.55. The summed E-state index contributed by atoms with van der Waals surface area (Å²) >= 11 is 0. The van der Waals surface area contributed by atoms with E-state index in [1.807, 2.05) is 52.0 Å². The van der Waals surface area contributed by atoms with Crippen molar-refractivity contribution in [2.45, 2.75) is 53.4 Å². The predicted octanol–water partition coefficient (Wildman–Crippen LogP) is 5.98. The van der Waals surface area contributed by atoms with Gasteiger partial charge in [-0.15, -0.1) is 0 Å². The molecular weight excluding hydrogens is 688 g/mol. The maximum Gasteiger partial charge on any atom is 0.334 e. The summed E-state index contributed by atoms with van der Waals surface area (Å²) < 4.78 is 15.3. The minimum absolute atomic E-state index is 0.120. The van der Waals surface area contributed by atoms with Gasteiger partial charge < -0.3 is 35.4 Å². The second kappa shape index (κ2) is 15.4. The molecule has 0 aromatic carbocycles. The zero-order valence-corrected chi connectivity index (χ0v) is 31.7. The van der Waals surface area contributed by atoms with Crippen LogP contribution in [0.25, 0.3) is 12.2 Å². The molecule has 0 amide bonds. The Kier molecular flexibility index (Phi) is 11.2. The molecule has 12 nitrogen and oxygen atoms in total. The molecule has 1 aromatic heterocycles. The Morgan fingerprint density at radius 2 is 1.69 bits per heavy atom. The van der Waals surface area contributed by atoms with Crippen LogP contribution in [0.5, 0.6) is 0 Å². The number of carboxylic acid groups (broad SMARTS) is 1. The van der Waals surface area contributed by atoms with Gasteiger partial charge in [-0.3, -0.25) is 14.4 Å². The molecule has 1 aliphatic carbocycles. The Bertz CT molecular complexity index is 2180. The van der Waals surface area contributed by atoms with Crippen LogP contribution in [0, 0.1) is 18.3 Å². The van der Waals surface area contributed by atoms with Gasteiger partial charge in [0.25, 0.3) is 0 Å². The second-order valence-electron chi connectivity index (χ2n) is 13.6. The Morgan fingerprint density at radius 1 is 0.963 bits per heavy atom. The third kappa shape index (κ3) is 6.99. The number of H-pyrrole nitrogens is 1. The summed E-state index contributed by atoms with van der Waals surface area (Å²) in [6.07, 6.45) is 12.9. The number of esters is 3. The summed E-state index contributed by atoms with van der Waals surface area (Å²) in [6, 6.07) is 0. The van der Waals surface area contributed by atoms with Gasteiger partial charge in [-0.05, 0) is 104 Å². The van der Waals surface area contributed by atoms with Crippen molar-refractivity contribution in [2.75, 3.05) is 21.3 Å². The summed E-state index contributed by atoms with van der Waals surface area (Å²) in [7, 11) is 3.86. The summed E-state index contributed by atoms with van der Waals surface area (Å²) in [5, 5.41) is 13.2. The lowest BCUT2D eigenvalue weighted by Crippen LogP contribution is -2.41. The van der Waals surface area contributed by atoms with Crippen molar-refractivity contribution in [2.24, 2.45) is 22.1 Å². The Balaban J connectivity index is 1.87. The minimum atomic E-state index is -1.18. The number of ether oxygens (including phenoxy) is 3. The van der Waals surface area contributed by atoms with Crippen molar-refractivity contribution < 1.29 is 38.5 Å². The third-order valence-corrected chi connectivity index (χ3v) is 10.7. The standard InChI is InChI=1S/C42H46N4O8/c1-10-25-22(3)21(2)17-35-29-14-11-28(40(50)53-8)39(41(51)54-9)42(29,6)36(46-35)20-32-24(5)26(12-15-37(47)48)33(45-32)19-34-27(13-16-38(49)52-7)23(4)31(44-34)18-30(25)43/h10-11,14,17-20,39,44,46H,1-2,12-13,15-16,43H2,3-9H3,(H,47,48)/b25-22+,30-18-,33-19-,35-17-,36-20-. The number of carbonyl (C=O) groups excluding carboxylic acids is 3. The van der Waals surface area contributed by atoms with Gasteiger partial charge >= 0.3 is 23.9 Å². The molecule has 5 N–H and O–H groups in total. The van der Waals surface area contributed by atoms with E-state index in [1.54, 1.807) is 18.2 Å². The van der Waals surface area contributed by atoms with Crippen LogP contribution < -0.4 is 11.1 Å². The molecule has 282 valence electrons. The Labute approximate surface area is 314 Å². The van der Waals surface area contributed by atoms with Crippen molar-refractivity contribution in [3.63, 3.8) is 0 Å². The lowest BCUT2D eigenvalue weighted by atomic mass is 9.64. The van der Waals surface area contributed by atoms with Gasteiger partial charge in [-0.25, -0.2) is 9.79 Å². The van der Waals surface area contributed by atoms with Crippen LogP contribution >= 0.6 is 0 Å². The van der Waals surface area contributed by atoms with Gasteiger partial charge in [-0.2, -0.15) is 0 Å². The van der Waals surface area contributed by atoms with Crippen LogP contribution in [0.2, 0.25) is 0 Å². The summed E-state index contributed by atoms with van der Waals surface area (Å²) in [4.78, 5) is 59.4. The molecule has 12 heteroatoms. The van der Waals surface area contributed by atoms with E-state index < -0.39 is 29.2 Å². The van der Waals surface area contributed by atoms with Gasteiger partial charge in [0.1, 0.15) is 5.92 Å². The van der Waals surface area contributed by atoms with Gasteiger partial charge in [-0.1, -0.05) is 31.4 Å². The molecule has 0 spiro atoms. The molecule has 1 fully saturated rings. The molecule has 4 heterocycles. The van der Waals surface area contributed by atoms with E-state index >= 15 is 0 Å². The fraction of sp³-hybridized carbons (Fsp3) is 0.310. The zero-order valence-electron chi connectivity index (χ0n) is 31.7. The highest BCUT2D eigenvalue weighted by molar-refractivity contribution is 6.13. The first kappa shape index (κ1) is 39.0. The lowest BCUT2D eigenvalue weighted by Gasteiger charge is -2.36.